The molecule has 10 atom stereocenters. The Morgan fingerprint density at radius 1 is 0.583 bits per heavy atom. The van der Waals surface area contributed by atoms with Crippen molar-refractivity contribution in [3.63, 3.8) is 0 Å². The van der Waals surface area contributed by atoms with Gasteiger partial charge in [-0.05, 0) is 51.4 Å². The standard InChI is InChI=1S/C45H79O14P/c1-3-5-7-9-11-12-13-14-15-16-19-24-28-32-39(47)57-35(34-56-60(53,54)59-45-43(51)41(49)40(48)42(50)44(45)52)33-55-38(46)31-27-23-20-17-18-22-26-30-37-36(58-37)29-25-21-10-8-6-4-2/h17,20-22,25-26,35-37,40-45,48-52H,3-16,18-19,23-24,27-34H2,1-2H3,(H,53,54)/b20-17-,25-21-,26-22-/t35-,36?,37?,40?,41-,42+,43-,44-,45?/m1/s1. The molecule has 1 aliphatic heterocycles. The lowest BCUT2D eigenvalue weighted by atomic mass is 9.85. The van der Waals surface area contributed by atoms with E-state index >= 15 is 0 Å². The zero-order valence-electron chi connectivity index (χ0n) is 36.4. The molecule has 1 saturated heterocycles. The van der Waals surface area contributed by atoms with Crippen molar-refractivity contribution in [2.75, 3.05) is 13.2 Å². The van der Waals surface area contributed by atoms with E-state index in [4.69, 9.17) is 23.3 Å². The Labute approximate surface area is 359 Å². The van der Waals surface area contributed by atoms with E-state index in [9.17, 15) is 44.6 Å². The van der Waals surface area contributed by atoms with Crippen molar-refractivity contribution < 1.29 is 67.8 Å². The first-order valence-corrected chi connectivity index (χ1v) is 24.4. The zero-order valence-corrected chi connectivity index (χ0v) is 37.3. The molecule has 0 bridgehead atoms. The van der Waals surface area contributed by atoms with E-state index in [2.05, 4.69) is 38.2 Å². The van der Waals surface area contributed by atoms with Crippen LogP contribution in [0.3, 0.4) is 0 Å². The minimum absolute atomic E-state index is 0.0846. The molecule has 1 heterocycles. The van der Waals surface area contributed by atoms with E-state index in [0.717, 1.165) is 51.4 Å². The van der Waals surface area contributed by atoms with Gasteiger partial charge in [0, 0.05) is 12.8 Å². The van der Waals surface area contributed by atoms with Crippen molar-refractivity contribution in [2.24, 2.45) is 0 Å². The molecule has 0 radical (unpaired) electrons. The fourth-order valence-electron chi connectivity index (χ4n) is 7.03. The van der Waals surface area contributed by atoms with Crippen LogP contribution in [0.15, 0.2) is 36.5 Å². The second-order valence-electron chi connectivity index (χ2n) is 16.3. The number of epoxide rings is 1. The molecule has 14 nitrogen and oxygen atoms in total. The van der Waals surface area contributed by atoms with Gasteiger partial charge in [0.05, 0.1) is 18.8 Å². The molecule has 2 aliphatic rings. The van der Waals surface area contributed by atoms with Gasteiger partial charge in [0.15, 0.2) is 6.10 Å². The van der Waals surface area contributed by atoms with E-state index in [1.165, 1.54) is 70.6 Å². The quantitative estimate of drug-likeness (QED) is 0.0117. The highest BCUT2D eigenvalue weighted by molar-refractivity contribution is 7.47. The van der Waals surface area contributed by atoms with Crippen LogP contribution < -0.4 is 0 Å². The third-order valence-electron chi connectivity index (χ3n) is 10.9. The zero-order chi connectivity index (χ0) is 44.0. The summed E-state index contributed by atoms with van der Waals surface area (Å²) in [6.45, 7) is 3.20. The number of aliphatic hydroxyl groups excluding tert-OH is 5. The summed E-state index contributed by atoms with van der Waals surface area (Å²) in [5.41, 5.74) is 0. The molecule has 0 spiro atoms. The largest absolute Gasteiger partial charge is 0.472 e. The highest BCUT2D eigenvalue weighted by Crippen LogP contribution is 2.47. The molecular formula is C45H79O14P. The first-order chi connectivity index (χ1) is 28.9. The maximum Gasteiger partial charge on any atom is 0.472 e. The molecule has 6 N–H and O–H groups in total. The maximum atomic E-state index is 12.8. The molecule has 0 aromatic rings. The summed E-state index contributed by atoms with van der Waals surface area (Å²) in [6, 6.07) is 0. The Balaban J connectivity index is 1.73. The molecule has 2 rings (SSSR count). The van der Waals surface area contributed by atoms with E-state index in [1.54, 1.807) is 0 Å². The number of rotatable bonds is 36. The van der Waals surface area contributed by atoms with E-state index in [-0.39, 0.29) is 12.8 Å². The van der Waals surface area contributed by atoms with Crippen molar-refractivity contribution >= 4 is 19.8 Å². The molecule has 15 heteroatoms. The van der Waals surface area contributed by atoms with Crippen LogP contribution in [0, 0.1) is 0 Å². The number of ether oxygens (including phenoxy) is 3. The van der Waals surface area contributed by atoms with Gasteiger partial charge in [-0.25, -0.2) is 4.57 Å². The number of carbonyl (C=O) groups excluding carboxylic acids is 2. The predicted molar refractivity (Wildman–Crippen MR) is 230 cm³/mol. The van der Waals surface area contributed by atoms with Crippen LogP contribution >= 0.6 is 7.82 Å². The van der Waals surface area contributed by atoms with Crippen LogP contribution in [-0.4, -0.2) is 111 Å². The number of unbranched alkanes of at least 4 members (excludes halogenated alkanes) is 16. The molecule has 5 unspecified atom stereocenters. The van der Waals surface area contributed by atoms with E-state index < -0.39 is 75.7 Å². The summed E-state index contributed by atoms with van der Waals surface area (Å²) in [5.74, 6) is -1.17. The second-order valence-corrected chi connectivity index (χ2v) is 17.7. The Morgan fingerprint density at radius 3 is 1.65 bits per heavy atom. The summed E-state index contributed by atoms with van der Waals surface area (Å²) in [5, 5.41) is 50.1. The van der Waals surface area contributed by atoms with Crippen LogP contribution in [0.2, 0.25) is 0 Å². The highest BCUT2D eigenvalue weighted by atomic mass is 31.2. The molecule has 1 saturated carbocycles. The number of aliphatic hydroxyl groups is 5. The lowest BCUT2D eigenvalue weighted by Crippen LogP contribution is -2.64. The first kappa shape index (κ1) is 54.2. The second kappa shape index (κ2) is 32.7. The third-order valence-corrected chi connectivity index (χ3v) is 11.9. The fraction of sp³-hybridized carbons (Fsp3) is 0.822. The van der Waals surface area contributed by atoms with E-state index in [1.807, 2.05) is 12.2 Å². The molecule has 0 aromatic carbocycles. The molecule has 348 valence electrons. The summed E-state index contributed by atoms with van der Waals surface area (Å²) in [4.78, 5) is 35.7. The number of hydrogen-bond donors (Lipinski definition) is 6. The topological polar surface area (TPSA) is 222 Å². The molecular weight excluding hydrogens is 795 g/mol. The third kappa shape index (κ3) is 24.6. The summed E-state index contributed by atoms with van der Waals surface area (Å²) < 4.78 is 39.2. The number of allylic oxidation sites excluding steroid dienone is 4. The predicted octanol–water partition coefficient (Wildman–Crippen LogP) is 7.60. The maximum absolute atomic E-state index is 12.8. The first-order valence-electron chi connectivity index (χ1n) is 22.9. The van der Waals surface area contributed by atoms with Gasteiger partial charge in [0.25, 0.3) is 0 Å². The Bertz CT molecular complexity index is 1260. The van der Waals surface area contributed by atoms with Crippen LogP contribution in [0.5, 0.6) is 0 Å². The van der Waals surface area contributed by atoms with Crippen LogP contribution in [0.4, 0.5) is 0 Å². The lowest BCUT2D eigenvalue weighted by molar-refractivity contribution is -0.220. The van der Waals surface area contributed by atoms with Crippen molar-refractivity contribution in [3.05, 3.63) is 36.5 Å². The van der Waals surface area contributed by atoms with Gasteiger partial charge in [-0.3, -0.25) is 18.6 Å². The molecule has 0 aromatic heterocycles. The Kier molecular flexibility index (Phi) is 29.5. The number of phosphoric ester groups is 1. The minimum atomic E-state index is -5.13. The number of carbonyl (C=O) groups is 2. The monoisotopic (exact) mass is 875 g/mol. The van der Waals surface area contributed by atoms with Crippen LogP contribution in [0.1, 0.15) is 168 Å². The average Bonchev–Trinajstić information content (AvgIpc) is 3.99. The Hall–Kier alpha value is -1.97. The fourth-order valence-corrected chi connectivity index (χ4v) is 8.00. The van der Waals surface area contributed by atoms with Gasteiger partial charge in [-0.2, -0.15) is 0 Å². The average molecular weight is 875 g/mol. The van der Waals surface area contributed by atoms with Crippen LogP contribution in [0.25, 0.3) is 0 Å². The number of esters is 2. The normalized spacial score (nSPS) is 25.9. The van der Waals surface area contributed by atoms with Crippen molar-refractivity contribution in [1.29, 1.82) is 0 Å². The van der Waals surface area contributed by atoms with Gasteiger partial charge >= 0.3 is 19.8 Å². The Morgan fingerprint density at radius 2 is 1.05 bits per heavy atom. The van der Waals surface area contributed by atoms with E-state index in [0.29, 0.717) is 31.5 Å². The minimum Gasteiger partial charge on any atom is -0.462 e. The lowest BCUT2D eigenvalue weighted by Gasteiger charge is -2.41. The van der Waals surface area contributed by atoms with Gasteiger partial charge < -0.3 is 44.6 Å². The van der Waals surface area contributed by atoms with Crippen molar-refractivity contribution in [3.8, 4) is 0 Å². The van der Waals surface area contributed by atoms with Crippen LogP contribution in [-0.2, 0) is 37.4 Å². The molecule has 2 fully saturated rings. The smallest absolute Gasteiger partial charge is 0.462 e. The number of phosphoric acid groups is 1. The highest BCUT2D eigenvalue weighted by Gasteiger charge is 2.51. The van der Waals surface area contributed by atoms with Gasteiger partial charge in [0.1, 0.15) is 43.2 Å². The molecule has 1 aliphatic carbocycles. The SMILES string of the molecule is CCCCC/C=C\CC1OC1C/C=C\C/C=C\CCCC(=O)OC[C@H](COP(=O)(O)OC1[C@H](O)[C@H](O)C(O)[C@H](O)[C@H]1O)OC(=O)CCCCCCCCCCCCCCC. The van der Waals surface area contributed by atoms with Gasteiger partial charge in [-0.15, -0.1) is 0 Å². The summed E-state index contributed by atoms with van der Waals surface area (Å²) >= 11 is 0. The van der Waals surface area contributed by atoms with Crippen molar-refractivity contribution in [2.45, 2.75) is 223 Å². The van der Waals surface area contributed by atoms with Crippen molar-refractivity contribution in [1.82, 2.24) is 0 Å². The number of hydrogen-bond acceptors (Lipinski definition) is 13. The molecule has 60 heavy (non-hydrogen) atoms. The summed E-state index contributed by atoms with van der Waals surface area (Å²) in [6.07, 6.45) is 23.8. The summed E-state index contributed by atoms with van der Waals surface area (Å²) in [7, 11) is -5.13. The van der Waals surface area contributed by atoms with Gasteiger partial charge in [0.2, 0.25) is 0 Å². The van der Waals surface area contributed by atoms with Gasteiger partial charge in [-0.1, -0.05) is 140 Å². The molecule has 0 amide bonds.